The van der Waals surface area contributed by atoms with Crippen molar-refractivity contribution in [2.75, 3.05) is 11.3 Å². The number of β-amino-alcohol motifs (C(OH)–C–C–N with tert-alkyl or cyclic N) is 1. The predicted molar refractivity (Wildman–Crippen MR) is 165 cm³/mol. The van der Waals surface area contributed by atoms with Gasteiger partial charge in [0.15, 0.2) is 11.3 Å². The summed E-state index contributed by atoms with van der Waals surface area (Å²) in [4.78, 5) is 18.6. The van der Waals surface area contributed by atoms with Gasteiger partial charge in [-0.2, -0.15) is 0 Å². The van der Waals surface area contributed by atoms with Crippen LogP contribution in [0.4, 0.5) is 5.69 Å². The van der Waals surface area contributed by atoms with Crippen LogP contribution >= 0.6 is 23.3 Å². The van der Waals surface area contributed by atoms with Crippen molar-refractivity contribution in [1.82, 2.24) is 30.4 Å². The van der Waals surface area contributed by atoms with Crippen LogP contribution in [0.5, 0.6) is 0 Å². The molecule has 9 nitrogen and oxygen atoms in total. The van der Waals surface area contributed by atoms with E-state index < -0.39 is 6.10 Å². The molecule has 5 aromatic rings. The number of aryl methyl sites for hydroxylation is 1. The number of hydrogen-bond donors (Lipinski definition) is 4. The number of fused-ring (bicyclic) bond motifs is 1. The first-order valence-corrected chi connectivity index (χ1v) is 15.0. The van der Waals surface area contributed by atoms with Crippen LogP contribution < -0.4 is 15.4 Å². The fraction of sp³-hybridized carbons (Fsp3) is 0.267. The Balaban J connectivity index is 1.12. The number of aliphatic hydroxyl groups is 1. The van der Waals surface area contributed by atoms with Crippen LogP contribution in [0.15, 0.2) is 89.5 Å². The largest absolute Gasteiger partial charge is 0.387 e. The maximum absolute atomic E-state index is 12.5. The number of benzene rings is 2. The van der Waals surface area contributed by atoms with E-state index >= 15 is 0 Å². The van der Waals surface area contributed by atoms with Gasteiger partial charge in [0.1, 0.15) is 0 Å². The van der Waals surface area contributed by atoms with Crippen molar-refractivity contribution in [2.45, 2.75) is 49.9 Å². The summed E-state index contributed by atoms with van der Waals surface area (Å²) in [7, 11) is 0. The zero-order chi connectivity index (χ0) is 28.7. The molecule has 0 aliphatic rings. The second-order valence-electron chi connectivity index (χ2n) is 10.3. The zero-order valence-corrected chi connectivity index (χ0v) is 24.6. The van der Waals surface area contributed by atoms with Gasteiger partial charge in [-0.1, -0.05) is 30.3 Å². The molecule has 2 aromatic carbocycles. The van der Waals surface area contributed by atoms with Gasteiger partial charge in [0.2, 0.25) is 0 Å². The average Bonchev–Trinajstić information content (AvgIpc) is 3.67. The summed E-state index contributed by atoms with van der Waals surface area (Å²) >= 11 is 3.03. The molecule has 0 saturated heterocycles. The molecule has 0 bridgehead atoms. The normalized spacial score (nSPS) is 12.4. The molecular formula is C30H33N7O2S2. The summed E-state index contributed by atoms with van der Waals surface area (Å²) in [5, 5.41) is 26.6. The number of carbonyl (C=O) groups is 1. The van der Waals surface area contributed by atoms with Crippen molar-refractivity contribution in [1.29, 1.82) is 0 Å². The van der Waals surface area contributed by atoms with E-state index in [-0.39, 0.29) is 17.1 Å². The minimum absolute atomic E-state index is 0.236. The van der Waals surface area contributed by atoms with Gasteiger partial charge in [-0.25, -0.2) is 0 Å². The van der Waals surface area contributed by atoms with E-state index in [9.17, 15) is 9.90 Å². The van der Waals surface area contributed by atoms with Gasteiger partial charge in [0, 0.05) is 51.9 Å². The van der Waals surface area contributed by atoms with Gasteiger partial charge in [0.25, 0.3) is 5.91 Å². The van der Waals surface area contributed by atoms with Gasteiger partial charge in [-0.3, -0.25) is 9.78 Å². The molecule has 3 aromatic heterocycles. The molecule has 212 valence electrons. The Morgan fingerprint density at radius 3 is 2.76 bits per heavy atom. The molecular weight excluding hydrogens is 555 g/mol. The first-order valence-electron chi connectivity index (χ1n) is 13.4. The third-order valence-corrected chi connectivity index (χ3v) is 8.33. The maximum Gasteiger partial charge on any atom is 0.272 e. The van der Waals surface area contributed by atoms with E-state index in [4.69, 9.17) is 0 Å². The summed E-state index contributed by atoms with van der Waals surface area (Å²) in [6, 6.07) is 21.7. The van der Waals surface area contributed by atoms with Gasteiger partial charge in [-0.15, -0.1) is 21.5 Å². The first kappa shape index (κ1) is 28.7. The summed E-state index contributed by atoms with van der Waals surface area (Å²) in [6.07, 6.45) is 3.86. The standard InChI is InChI=1S/C30H33N7O2S2/c1-30(2,33-19-27(38)21-7-6-8-23(15-21)36-41-24-9-4-3-5-10-24)12-14-37-13-11-22-16-26(34-35-28(22)37)29(39)32-18-25-17-31-20-40-25/h3-11,13,15-17,20,27,33,36,38H,12,14,18-19H2,1-2H3,(H,32,39)/t27-/m0/s1. The highest BCUT2D eigenvalue weighted by atomic mass is 32.2. The lowest BCUT2D eigenvalue weighted by Crippen LogP contribution is -2.42. The van der Waals surface area contributed by atoms with E-state index in [1.54, 1.807) is 29.7 Å². The van der Waals surface area contributed by atoms with E-state index in [2.05, 4.69) is 44.4 Å². The number of aliphatic hydroxyl groups excluding tert-OH is 1. The number of aromatic nitrogens is 4. The van der Waals surface area contributed by atoms with Crippen LogP contribution in [0, 0.1) is 0 Å². The second kappa shape index (κ2) is 13.3. The number of amides is 1. The second-order valence-corrected chi connectivity index (χ2v) is 12.2. The van der Waals surface area contributed by atoms with Gasteiger partial charge >= 0.3 is 0 Å². The summed E-state index contributed by atoms with van der Waals surface area (Å²) in [5.74, 6) is -0.263. The summed E-state index contributed by atoms with van der Waals surface area (Å²) < 4.78 is 5.39. The molecule has 0 unspecified atom stereocenters. The molecule has 0 spiro atoms. The molecule has 0 radical (unpaired) electrons. The average molecular weight is 588 g/mol. The number of hydrogen-bond acceptors (Lipinski definition) is 9. The Bertz CT molecular complexity index is 1570. The van der Waals surface area contributed by atoms with E-state index in [0.29, 0.717) is 19.6 Å². The molecule has 1 atom stereocenters. The minimum Gasteiger partial charge on any atom is -0.387 e. The fourth-order valence-corrected chi connectivity index (χ4v) is 5.45. The topological polar surface area (TPSA) is 117 Å². The third-order valence-electron chi connectivity index (χ3n) is 6.70. The zero-order valence-electron chi connectivity index (χ0n) is 22.9. The molecule has 4 N–H and O–H groups in total. The molecule has 3 heterocycles. The molecule has 0 saturated carbocycles. The number of rotatable bonds is 13. The van der Waals surface area contributed by atoms with Crippen molar-refractivity contribution < 1.29 is 9.90 Å². The number of nitrogens with one attached hydrogen (secondary N) is 3. The van der Waals surface area contributed by atoms with E-state index in [1.165, 1.54) is 11.3 Å². The van der Waals surface area contributed by atoms with Crippen LogP contribution in [-0.2, 0) is 13.1 Å². The highest BCUT2D eigenvalue weighted by molar-refractivity contribution is 8.00. The molecule has 0 aliphatic heterocycles. The fourth-order valence-electron chi connectivity index (χ4n) is 4.26. The Kier molecular flexibility index (Phi) is 9.30. The van der Waals surface area contributed by atoms with Gasteiger partial charge < -0.3 is 25.0 Å². The highest BCUT2D eigenvalue weighted by Crippen LogP contribution is 2.24. The van der Waals surface area contributed by atoms with Gasteiger partial charge in [-0.05, 0) is 74.2 Å². The number of anilines is 1. The quantitative estimate of drug-likeness (QED) is 0.135. The Morgan fingerprint density at radius 2 is 1.95 bits per heavy atom. The molecule has 1 amide bonds. The van der Waals surface area contributed by atoms with Crippen LogP contribution in [-0.4, -0.2) is 42.8 Å². The number of thiazole rings is 1. The van der Waals surface area contributed by atoms with Crippen molar-refractivity contribution in [3.8, 4) is 0 Å². The smallest absolute Gasteiger partial charge is 0.272 e. The van der Waals surface area contributed by atoms with Crippen molar-refractivity contribution in [3.05, 3.63) is 101 Å². The Labute approximate surface area is 247 Å². The van der Waals surface area contributed by atoms with E-state index in [0.717, 1.165) is 38.5 Å². The SMILES string of the molecule is CC(C)(CCn1ccc2cc(C(=O)NCc3cncs3)nnc21)NC[C@H](O)c1cccc(NSc2ccccc2)c1. The van der Waals surface area contributed by atoms with Crippen molar-refractivity contribution in [3.63, 3.8) is 0 Å². The molecule has 5 rings (SSSR count). The third kappa shape index (κ3) is 7.92. The lowest BCUT2D eigenvalue weighted by molar-refractivity contribution is 0.0945. The molecule has 0 aliphatic carbocycles. The van der Waals surface area contributed by atoms with Gasteiger partial charge in [0.05, 0.1) is 18.2 Å². The molecule has 41 heavy (non-hydrogen) atoms. The number of carbonyl (C=O) groups excluding carboxylic acids is 1. The predicted octanol–water partition coefficient (Wildman–Crippen LogP) is 5.43. The molecule has 0 fully saturated rings. The summed E-state index contributed by atoms with van der Waals surface area (Å²) in [5.41, 5.74) is 4.31. The molecule has 11 heteroatoms. The maximum atomic E-state index is 12.5. The van der Waals surface area contributed by atoms with Crippen LogP contribution in [0.3, 0.4) is 0 Å². The highest BCUT2D eigenvalue weighted by Gasteiger charge is 2.20. The van der Waals surface area contributed by atoms with Crippen LogP contribution in [0.25, 0.3) is 11.0 Å². The number of nitrogens with zero attached hydrogens (tertiary/aromatic N) is 4. The Morgan fingerprint density at radius 1 is 1.10 bits per heavy atom. The lowest BCUT2D eigenvalue weighted by Gasteiger charge is -2.28. The van der Waals surface area contributed by atoms with Crippen molar-refractivity contribution >= 4 is 45.9 Å². The first-order chi connectivity index (χ1) is 19.9. The van der Waals surface area contributed by atoms with Crippen LogP contribution in [0.2, 0.25) is 0 Å². The van der Waals surface area contributed by atoms with E-state index in [1.807, 2.05) is 71.4 Å². The van der Waals surface area contributed by atoms with Crippen molar-refractivity contribution in [2.24, 2.45) is 0 Å². The monoisotopic (exact) mass is 587 g/mol. The lowest BCUT2D eigenvalue weighted by atomic mass is 9.99. The summed E-state index contributed by atoms with van der Waals surface area (Å²) in [6.45, 7) is 5.79. The van der Waals surface area contributed by atoms with Crippen LogP contribution in [0.1, 0.15) is 47.3 Å². The minimum atomic E-state index is -0.642. The Hall–Kier alpha value is -3.77.